The number of halogens is 2. The van der Waals surface area contributed by atoms with Crippen LogP contribution < -0.4 is 0 Å². The standard InChI is InChI=1S/2C9H7.C5H13OSi.C2H4.2ClH.Zr/c2*1-2-5-9-7-3-6-8(9)4-1;1-5-6-7(2,3)4;1-2;;;/h2*1-7H;5H,1-4H3;1H,2H3;2*1H;/q;;;;;;+2/p-2. The Balaban J connectivity index is 2.07. The molecular formula is C25H31Cl2OSiZr. The molecule has 0 amide bonds. The van der Waals surface area contributed by atoms with Crippen LogP contribution >= 0.6 is 17.0 Å². The molecule has 30 heavy (non-hydrogen) atoms. The molecule has 159 valence electrons. The molecule has 2 aliphatic rings. The van der Waals surface area contributed by atoms with Gasteiger partial charge in [0.2, 0.25) is 0 Å². The molecule has 0 bridgehead atoms. The Kier molecular flexibility index (Phi) is 5.25. The fraction of sp³-hybridized carbons (Fsp3) is 0.320. The van der Waals surface area contributed by atoms with Crippen molar-refractivity contribution < 1.29 is 18.9 Å². The number of hydrogen-bond acceptors (Lipinski definition) is 1. The zero-order chi connectivity index (χ0) is 21.8. The Bertz CT molecular complexity index is 1100. The molecule has 0 spiro atoms. The van der Waals surface area contributed by atoms with Gasteiger partial charge in [-0.05, 0) is 0 Å². The molecule has 2 aliphatic carbocycles. The zero-order valence-electron chi connectivity index (χ0n) is 18.4. The molecule has 0 N–H and O–H groups in total. The normalized spacial score (nSPS) is 23.4. The fourth-order valence-corrected chi connectivity index (χ4v) is 32.2. The molecule has 0 aliphatic heterocycles. The second-order valence-corrected chi connectivity index (χ2v) is 44.2. The maximum atomic E-state index is 8.27. The van der Waals surface area contributed by atoms with Crippen molar-refractivity contribution in [3.63, 3.8) is 0 Å². The van der Waals surface area contributed by atoms with Crippen molar-refractivity contribution in [1.29, 1.82) is 0 Å². The van der Waals surface area contributed by atoms with Gasteiger partial charge in [-0.25, -0.2) is 0 Å². The van der Waals surface area contributed by atoms with Crippen molar-refractivity contribution in [2.24, 2.45) is 0 Å². The van der Waals surface area contributed by atoms with Crippen LogP contribution in [0.15, 0.2) is 60.7 Å². The molecule has 0 saturated heterocycles. The van der Waals surface area contributed by atoms with Gasteiger partial charge in [-0.2, -0.15) is 0 Å². The van der Waals surface area contributed by atoms with Crippen LogP contribution in [0.4, 0.5) is 0 Å². The van der Waals surface area contributed by atoms with Crippen LogP contribution in [0.5, 0.6) is 0 Å². The summed E-state index contributed by atoms with van der Waals surface area (Å²) >= 11 is -5.52. The molecule has 0 fully saturated rings. The van der Waals surface area contributed by atoms with E-state index in [0.29, 0.717) is 0 Å². The van der Waals surface area contributed by atoms with Crippen LogP contribution in [-0.2, 0) is 18.9 Å². The molecule has 0 heterocycles. The van der Waals surface area contributed by atoms with Crippen LogP contribution in [0.3, 0.4) is 0 Å². The van der Waals surface area contributed by atoms with E-state index in [1.807, 2.05) is 0 Å². The van der Waals surface area contributed by atoms with Gasteiger partial charge in [0.25, 0.3) is 0 Å². The number of benzene rings is 2. The Labute approximate surface area is 186 Å². The molecule has 4 rings (SSSR count). The van der Waals surface area contributed by atoms with E-state index in [1.165, 1.54) is 22.3 Å². The summed E-state index contributed by atoms with van der Waals surface area (Å²) in [4.78, 5) is 0. The molecule has 5 heteroatoms. The zero-order valence-corrected chi connectivity index (χ0v) is 23.4. The van der Waals surface area contributed by atoms with Gasteiger partial charge in [0.15, 0.2) is 0 Å². The first kappa shape index (κ1) is 22.6. The van der Waals surface area contributed by atoms with Gasteiger partial charge in [0.1, 0.15) is 0 Å². The van der Waals surface area contributed by atoms with E-state index in [-0.39, 0.29) is 11.1 Å². The van der Waals surface area contributed by atoms with E-state index < -0.39 is 22.7 Å². The van der Waals surface area contributed by atoms with Gasteiger partial charge >= 0.3 is 188 Å². The first-order valence-corrected chi connectivity index (χ1v) is 26.2. The van der Waals surface area contributed by atoms with Crippen molar-refractivity contribution in [3.8, 4) is 0 Å². The minimum atomic E-state index is -5.52. The molecule has 1 nitrogen and oxygen atoms in total. The molecule has 3 atom stereocenters. The number of allylic oxidation sites excluding steroid dienone is 2. The molecule has 0 saturated carbocycles. The topological polar surface area (TPSA) is 9.23 Å². The molecule has 2 aromatic carbocycles. The summed E-state index contributed by atoms with van der Waals surface area (Å²) in [6.07, 6.45) is 8.88. The van der Waals surface area contributed by atoms with Gasteiger partial charge in [-0.15, -0.1) is 0 Å². The average molecular weight is 538 g/mol. The van der Waals surface area contributed by atoms with Crippen molar-refractivity contribution in [2.75, 3.05) is 0 Å². The van der Waals surface area contributed by atoms with E-state index >= 15 is 0 Å². The van der Waals surface area contributed by atoms with Crippen molar-refractivity contribution >= 4 is 41.2 Å². The third-order valence-corrected chi connectivity index (χ3v) is 39.7. The predicted octanol–water partition coefficient (Wildman–Crippen LogP) is 8.08. The van der Waals surface area contributed by atoms with Crippen molar-refractivity contribution in [1.82, 2.24) is 0 Å². The number of fused-ring (bicyclic) bond motifs is 2. The Morgan fingerprint density at radius 1 is 0.867 bits per heavy atom. The third-order valence-electron chi connectivity index (χ3n) is 7.41. The Hall–Kier alpha value is -0.570. The third kappa shape index (κ3) is 3.04. The van der Waals surface area contributed by atoms with Crippen LogP contribution in [-0.4, -0.2) is 15.8 Å². The number of rotatable bonds is 5. The van der Waals surface area contributed by atoms with Gasteiger partial charge in [-0.1, -0.05) is 0 Å². The molecule has 0 aromatic heterocycles. The second kappa shape index (κ2) is 6.96. The van der Waals surface area contributed by atoms with E-state index in [9.17, 15) is 0 Å². The second-order valence-electron chi connectivity index (χ2n) is 10.0. The summed E-state index contributed by atoms with van der Waals surface area (Å²) in [6, 6.07) is 17.0. The van der Waals surface area contributed by atoms with Gasteiger partial charge in [0, 0.05) is 0 Å². The average Bonchev–Trinajstić information content (AvgIpc) is 3.33. The molecule has 2 aromatic rings. The van der Waals surface area contributed by atoms with E-state index in [2.05, 4.69) is 110 Å². The van der Waals surface area contributed by atoms with Crippen LogP contribution in [0.2, 0.25) is 19.6 Å². The molecular weight excluding hydrogens is 506 g/mol. The summed E-state index contributed by atoms with van der Waals surface area (Å²) in [5.74, 6) is 0. The summed E-state index contributed by atoms with van der Waals surface area (Å²) in [5, 5.41) is 0. The van der Waals surface area contributed by atoms with Crippen LogP contribution in [0.25, 0.3) is 12.2 Å². The Morgan fingerprint density at radius 2 is 1.30 bits per heavy atom. The monoisotopic (exact) mass is 535 g/mol. The van der Waals surface area contributed by atoms with Gasteiger partial charge in [0.05, 0.1) is 0 Å². The first-order valence-electron chi connectivity index (χ1n) is 10.8. The van der Waals surface area contributed by atoms with E-state index in [4.69, 9.17) is 21.5 Å². The summed E-state index contributed by atoms with van der Waals surface area (Å²) in [7, 11) is 14.6. The van der Waals surface area contributed by atoms with Crippen molar-refractivity contribution in [3.05, 3.63) is 82.9 Å². The SMILES string of the molecule is C[CH]=[Zr]([Cl])([Cl])([CH](C)O[Si](C)(C)C)([CH]1C=Cc2ccccc21)[CH]1C=Cc2ccccc21. The quantitative estimate of drug-likeness (QED) is 0.351. The first-order chi connectivity index (χ1) is 14.0. The minimum absolute atomic E-state index is 0.0668. The summed E-state index contributed by atoms with van der Waals surface area (Å²) in [5.41, 5.74) is 4.86. The maximum absolute atomic E-state index is 8.27. The van der Waals surface area contributed by atoms with E-state index in [0.717, 1.165) is 0 Å². The van der Waals surface area contributed by atoms with Gasteiger partial charge in [-0.3, -0.25) is 0 Å². The number of hydrogen-bond donors (Lipinski definition) is 0. The molecule has 0 radical (unpaired) electrons. The van der Waals surface area contributed by atoms with Gasteiger partial charge < -0.3 is 0 Å². The van der Waals surface area contributed by atoms with E-state index in [1.54, 1.807) is 0 Å². The molecule has 3 unspecified atom stereocenters. The fourth-order valence-electron chi connectivity index (χ4n) is 5.72. The summed E-state index contributed by atoms with van der Waals surface area (Å²) < 4.78 is 8.64. The van der Waals surface area contributed by atoms with Crippen LogP contribution in [0.1, 0.15) is 43.4 Å². The Morgan fingerprint density at radius 3 is 1.70 bits per heavy atom. The predicted molar refractivity (Wildman–Crippen MR) is 134 cm³/mol. The van der Waals surface area contributed by atoms with Crippen LogP contribution in [0, 0.1) is 0 Å². The van der Waals surface area contributed by atoms with Crippen molar-refractivity contribution in [2.45, 2.75) is 44.6 Å². The summed E-state index contributed by atoms with van der Waals surface area (Å²) in [6.45, 7) is 10.9.